The Bertz CT molecular complexity index is 297. The summed E-state index contributed by atoms with van der Waals surface area (Å²) in [5.41, 5.74) is 3.34. The van der Waals surface area contributed by atoms with Crippen LogP contribution in [0.1, 0.15) is 10.4 Å². The molecule has 0 aromatic heterocycles. The molecule has 0 spiro atoms. The van der Waals surface area contributed by atoms with Crippen LogP contribution in [0.25, 0.3) is 0 Å². The molecule has 0 aliphatic heterocycles. The summed E-state index contributed by atoms with van der Waals surface area (Å²) in [5.74, 6) is -0.0841. The predicted octanol–water partition coefficient (Wildman–Crippen LogP) is 1.55. The molecule has 0 aliphatic rings. The third kappa shape index (κ3) is 2.44. The number of carbonyl (C=O) groups is 1. The van der Waals surface area contributed by atoms with Crippen molar-refractivity contribution < 1.29 is 4.79 Å². The van der Waals surface area contributed by atoms with Gasteiger partial charge in [-0.3, -0.25) is 9.80 Å². The summed E-state index contributed by atoms with van der Waals surface area (Å²) in [6.07, 6.45) is 0. The lowest BCUT2D eigenvalue weighted by atomic mass is 10.2. The Hall–Kier alpha value is -1.06. The minimum absolute atomic E-state index is 0.0841. The number of hydrazine groups is 1. The second kappa shape index (κ2) is 4.25. The number of nitrogens with one attached hydrogen (secondary N) is 1. The molecule has 1 aromatic rings. The van der Waals surface area contributed by atoms with Crippen LogP contribution in [-0.4, -0.2) is 25.0 Å². The Morgan fingerprint density at radius 3 is 2.38 bits per heavy atom. The van der Waals surface area contributed by atoms with Crippen LogP contribution in [0.3, 0.4) is 0 Å². The zero-order chi connectivity index (χ0) is 9.84. The summed E-state index contributed by atoms with van der Waals surface area (Å²) < 4.78 is 0. The average molecular weight is 199 g/mol. The van der Waals surface area contributed by atoms with Crippen molar-refractivity contribution >= 4 is 17.5 Å². The molecule has 1 N–H and O–H groups in total. The van der Waals surface area contributed by atoms with Crippen molar-refractivity contribution in [2.45, 2.75) is 0 Å². The first-order valence-corrected chi connectivity index (χ1v) is 4.24. The molecule has 70 valence electrons. The minimum Gasteiger partial charge on any atom is -0.277 e. The highest BCUT2D eigenvalue weighted by molar-refractivity contribution is 6.30. The van der Waals surface area contributed by atoms with Crippen LogP contribution in [0.4, 0.5) is 0 Å². The van der Waals surface area contributed by atoms with Crippen LogP contribution in [0.2, 0.25) is 5.02 Å². The number of amides is 1. The van der Waals surface area contributed by atoms with Gasteiger partial charge in [-0.2, -0.15) is 0 Å². The van der Waals surface area contributed by atoms with Crippen LogP contribution < -0.4 is 5.43 Å². The Kier molecular flexibility index (Phi) is 3.28. The Morgan fingerprint density at radius 1 is 1.38 bits per heavy atom. The number of nitrogens with zero attached hydrogens (tertiary/aromatic N) is 1. The van der Waals surface area contributed by atoms with Crippen molar-refractivity contribution in [2.24, 2.45) is 0 Å². The van der Waals surface area contributed by atoms with E-state index in [1.807, 2.05) is 0 Å². The highest BCUT2D eigenvalue weighted by Gasteiger charge is 2.08. The predicted molar refractivity (Wildman–Crippen MR) is 52.6 cm³/mol. The number of carbonyl (C=O) groups excluding carboxylic acids is 1. The smallest absolute Gasteiger partial charge is 0.267 e. The second-order valence-electron chi connectivity index (χ2n) is 2.59. The van der Waals surface area contributed by atoms with Crippen molar-refractivity contribution in [3.63, 3.8) is 0 Å². The van der Waals surface area contributed by atoms with E-state index in [2.05, 4.69) is 5.43 Å². The molecule has 0 aliphatic carbocycles. The third-order valence-electron chi connectivity index (χ3n) is 1.73. The molecule has 0 unspecified atom stereocenters. The van der Waals surface area contributed by atoms with Crippen molar-refractivity contribution in [2.75, 3.05) is 14.1 Å². The maximum atomic E-state index is 11.5. The highest BCUT2D eigenvalue weighted by atomic mass is 35.5. The standard InChI is InChI=1S/C9H11ClN2O/c1-11-12(2)9(13)7-3-5-8(10)6-4-7/h3-6,11H,1-2H3. The van der Waals surface area contributed by atoms with Gasteiger partial charge < -0.3 is 0 Å². The number of rotatable bonds is 2. The Labute approximate surface area is 82.3 Å². The normalized spacial score (nSPS) is 9.77. The van der Waals surface area contributed by atoms with Crippen molar-refractivity contribution in [3.8, 4) is 0 Å². The van der Waals surface area contributed by atoms with E-state index in [1.165, 1.54) is 5.01 Å². The molecular weight excluding hydrogens is 188 g/mol. The largest absolute Gasteiger partial charge is 0.277 e. The SMILES string of the molecule is CNN(C)C(=O)c1ccc(Cl)cc1. The second-order valence-corrected chi connectivity index (χ2v) is 3.03. The van der Waals surface area contributed by atoms with E-state index in [4.69, 9.17) is 11.6 Å². The highest BCUT2D eigenvalue weighted by Crippen LogP contribution is 2.10. The van der Waals surface area contributed by atoms with Crippen LogP contribution in [0, 0.1) is 0 Å². The minimum atomic E-state index is -0.0841. The van der Waals surface area contributed by atoms with E-state index >= 15 is 0 Å². The van der Waals surface area contributed by atoms with E-state index in [0.717, 1.165) is 0 Å². The van der Waals surface area contributed by atoms with Gasteiger partial charge in [0.1, 0.15) is 0 Å². The van der Waals surface area contributed by atoms with Gasteiger partial charge in [0.25, 0.3) is 5.91 Å². The first kappa shape index (κ1) is 10.0. The van der Waals surface area contributed by atoms with Crippen LogP contribution in [0.5, 0.6) is 0 Å². The summed E-state index contributed by atoms with van der Waals surface area (Å²) in [5, 5.41) is 2.03. The summed E-state index contributed by atoms with van der Waals surface area (Å²) >= 11 is 5.69. The molecule has 0 radical (unpaired) electrons. The van der Waals surface area contributed by atoms with Gasteiger partial charge >= 0.3 is 0 Å². The lowest BCUT2D eigenvalue weighted by Crippen LogP contribution is -2.36. The third-order valence-corrected chi connectivity index (χ3v) is 1.98. The average Bonchev–Trinajstić information content (AvgIpc) is 2.17. The fourth-order valence-corrected chi connectivity index (χ4v) is 1.01. The van der Waals surface area contributed by atoms with E-state index in [1.54, 1.807) is 38.4 Å². The van der Waals surface area contributed by atoms with Gasteiger partial charge in [-0.1, -0.05) is 11.6 Å². The van der Waals surface area contributed by atoms with E-state index < -0.39 is 0 Å². The molecule has 1 amide bonds. The van der Waals surface area contributed by atoms with Crippen LogP contribution >= 0.6 is 11.6 Å². The fraction of sp³-hybridized carbons (Fsp3) is 0.222. The molecule has 1 aromatic carbocycles. The number of benzene rings is 1. The van der Waals surface area contributed by atoms with E-state index in [-0.39, 0.29) is 5.91 Å². The lowest BCUT2D eigenvalue weighted by molar-refractivity contribution is 0.0735. The summed E-state index contributed by atoms with van der Waals surface area (Å²) in [6.45, 7) is 0. The molecule has 0 atom stereocenters. The molecule has 3 nitrogen and oxygen atoms in total. The number of hydrogen-bond acceptors (Lipinski definition) is 2. The number of halogens is 1. The molecular formula is C9H11ClN2O. The fourth-order valence-electron chi connectivity index (χ4n) is 0.888. The van der Waals surface area contributed by atoms with Crippen LogP contribution in [-0.2, 0) is 0 Å². The molecule has 13 heavy (non-hydrogen) atoms. The lowest BCUT2D eigenvalue weighted by Gasteiger charge is -2.14. The van der Waals surface area contributed by atoms with Gasteiger partial charge in [-0.25, -0.2) is 5.43 Å². The summed E-state index contributed by atoms with van der Waals surface area (Å²) in [4.78, 5) is 11.5. The maximum absolute atomic E-state index is 11.5. The molecule has 1 rings (SSSR count). The summed E-state index contributed by atoms with van der Waals surface area (Å²) in [7, 11) is 3.35. The summed E-state index contributed by atoms with van der Waals surface area (Å²) in [6, 6.07) is 6.77. The first-order chi connectivity index (χ1) is 6.15. The molecule has 0 fully saturated rings. The molecule has 0 bridgehead atoms. The van der Waals surface area contributed by atoms with Crippen LogP contribution in [0.15, 0.2) is 24.3 Å². The van der Waals surface area contributed by atoms with Crippen molar-refractivity contribution in [1.82, 2.24) is 10.4 Å². The van der Waals surface area contributed by atoms with Gasteiger partial charge in [0.05, 0.1) is 0 Å². The molecule has 0 heterocycles. The first-order valence-electron chi connectivity index (χ1n) is 3.86. The van der Waals surface area contributed by atoms with Crippen molar-refractivity contribution in [1.29, 1.82) is 0 Å². The maximum Gasteiger partial charge on any atom is 0.267 e. The Balaban J connectivity index is 2.83. The zero-order valence-corrected chi connectivity index (χ0v) is 8.30. The van der Waals surface area contributed by atoms with E-state index in [0.29, 0.717) is 10.6 Å². The Morgan fingerprint density at radius 2 is 1.92 bits per heavy atom. The molecule has 4 heteroatoms. The van der Waals surface area contributed by atoms with Gasteiger partial charge in [-0.05, 0) is 24.3 Å². The quantitative estimate of drug-likeness (QED) is 0.732. The van der Waals surface area contributed by atoms with Gasteiger partial charge in [-0.15, -0.1) is 0 Å². The number of hydrogen-bond donors (Lipinski definition) is 1. The van der Waals surface area contributed by atoms with Crippen molar-refractivity contribution in [3.05, 3.63) is 34.9 Å². The van der Waals surface area contributed by atoms with Gasteiger partial charge in [0, 0.05) is 24.7 Å². The van der Waals surface area contributed by atoms with Gasteiger partial charge in [0.15, 0.2) is 0 Å². The van der Waals surface area contributed by atoms with E-state index in [9.17, 15) is 4.79 Å². The monoisotopic (exact) mass is 198 g/mol. The van der Waals surface area contributed by atoms with Gasteiger partial charge in [0.2, 0.25) is 0 Å². The molecule has 0 saturated carbocycles. The zero-order valence-electron chi connectivity index (χ0n) is 7.54. The molecule has 0 saturated heterocycles. The topological polar surface area (TPSA) is 32.3 Å².